The van der Waals surface area contributed by atoms with Gasteiger partial charge in [0.2, 0.25) is 5.82 Å². The molecular weight excluding hydrogens is 378 g/mol. The first kappa shape index (κ1) is 18.8. The van der Waals surface area contributed by atoms with Crippen molar-refractivity contribution in [2.24, 2.45) is 5.92 Å². The maximum atomic E-state index is 11.2. The molecule has 1 atom stereocenters. The molecule has 0 radical (unpaired) electrons. The van der Waals surface area contributed by atoms with E-state index >= 15 is 0 Å². The van der Waals surface area contributed by atoms with Crippen molar-refractivity contribution in [2.75, 3.05) is 0 Å². The van der Waals surface area contributed by atoms with Crippen molar-refractivity contribution >= 4 is 0 Å². The van der Waals surface area contributed by atoms with Crippen LogP contribution in [0.4, 0.5) is 0 Å². The van der Waals surface area contributed by atoms with Crippen LogP contribution in [0.1, 0.15) is 49.8 Å². The third kappa shape index (κ3) is 3.06. The van der Waals surface area contributed by atoms with Gasteiger partial charge in [-0.05, 0) is 74.8 Å². The van der Waals surface area contributed by atoms with E-state index in [4.69, 9.17) is 9.26 Å². The molecule has 1 saturated carbocycles. The van der Waals surface area contributed by atoms with Gasteiger partial charge >= 0.3 is 0 Å². The van der Waals surface area contributed by atoms with Crippen LogP contribution >= 0.6 is 0 Å². The number of rotatable bonds is 5. The number of benzene rings is 2. The van der Waals surface area contributed by atoms with Gasteiger partial charge in [-0.15, -0.1) is 0 Å². The molecule has 0 aliphatic heterocycles. The van der Waals surface area contributed by atoms with Gasteiger partial charge in [0.15, 0.2) is 0 Å². The molecule has 0 saturated heterocycles. The summed E-state index contributed by atoms with van der Waals surface area (Å²) in [6, 6.07) is 13.4. The number of hydrogen-bond acceptors (Lipinski definition) is 6. The minimum absolute atomic E-state index is 0.0209. The van der Waals surface area contributed by atoms with Crippen LogP contribution in [0.3, 0.4) is 0 Å². The standard InChI is InChI=1S/C24H23N3O3/c1-14(2)29-21-9-6-15(12-16(21)13-25)23-26-22(27-30-23)19-4-3-5-20-18(19)10-11-24(20,28)17-7-8-17/h3-6,9,12,14,17,28H,7-8,10-11H2,1-2H3. The highest BCUT2D eigenvalue weighted by Gasteiger charge is 2.49. The Labute approximate surface area is 175 Å². The van der Waals surface area contributed by atoms with Gasteiger partial charge in [-0.1, -0.05) is 23.4 Å². The number of aromatic nitrogens is 2. The zero-order valence-corrected chi connectivity index (χ0v) is 17.1. The Balaban J connectivity index is 1.49. The predicted octanol–water partition coefficient (Wildman–Crippen LogP) is 4.61. The van der Waals surface area contributed by atoms with Crippen LogP contribution in [0.25, 0.3) is 22.8 Å². The average Bonchev–Trinajstić information content (AvgIpc) is 3.39. The molecule has 6 nitrogen and oxygen atoms in total. The van der Waals surface area contributed by atoms with E-state index in [2.05, 4.69) is 16.2 Å². The second-order valence-electron chi connectivity index (χ2n) is 8.44. The third-order valence-corrected chi connectivity index (χ3v) is 6.03. The van der Waals surface area contributed by atoms with E-state index < -0.39 is 5.60 Å². The van der Waals surface area contributed by atoms with Gasteiger partial charge in [0.05, 0.1) is 17.3 Å². The minimum Gasteiger partial charge on any atom is -0.490 e. The third-order valence-electron chi connectivity index (χ3n) is 6.03. The molecule has 0 bridgehead atoms. The number of nitriles is 1. The van der Waals surface area contributed by atoms with Crippen molar-refractivity contribution < 1.29 is 14.4 Å². The van der Waals surface area contributed by atoms with Crippen molar-refractivity contribution in [3.8, 4) is 34.7 Å². The molecule has 0 amide bonds. The molecule has 0 spiro atoms. The number of aliphatic hydroxyl groups is 1. The number of nitrogens with zero attached hydrogens (tertiary/aromatic N) is 3. The molecule has 3 aromatic rings. The first-order valence-electron chi connectivity index (χ1n) is 10.4. The lowest BCUT2D eigenvalue weighted by molar-refractivity contribution is 0.0150. The molecule has 2 aliphatic carbocycles. The molecule has 30 heavy (non-hydrogen) atoms. The fraction of sp³-hybridized carbons (Fsp3) is 0.375. The van der Waals surface area contributed by atoms with E-state index in [1.165, 1.54) is 0 Å². The van der Waals surface area contributed by atoms with Gasteiger partial charge in [0.25, 0.3) is 5.89 Å². The lowest BCUT2D eigenvalue weighted by Gasteiger charge is -2.23. The Morgan fingerprint density at radius 1 is 1.27 bits per heavy atom. The Kier molecular flexibility index (Phi) is 4.37. The summed E-state index contributed by atoms with van der Waals surface area (Å²) in [6.07, 6.45) is 3.71. The van der Waals surface area contributed by atoms with Crippen LogP contribution in [0, 0.1) is 17.2 Å². The molecule has 2 aromatic carbocycles. The first-order valence-corrected chi connectivity index (χ1v) is 10.4. The zero-order valence-electron chi connectivity index (χ0n) is 17.1. The highest BCUT2D eigenvalue weighted by atomic mass is 16.5. The summed E-state index contributed by atoms with van der Waals surface area (Å²) in [5.74, 6) is 1.76. The predicted molar refractivity (Wildman–Crippen MR) is 111 cm³/mol. The maximum Gasteiger partial charge on any atom is 0.258 e. The quantitative estimate of drug-likeness (QED) is 0.671. The van der Waals surface area contributed by atoms with Gasteiger partial charge in [-0.25, -0.2) is 0 Å². The molecule has 1 fully saturated rings. The van der Waals surface area contributed by atoms with Crippen LogP contribution in [-0.4, -0.2) is 21.4 Å². The van der Waals surface area contributed by atoms with Crippen LogP contribution in [0.15, 0.2) is 40.9 Å². The highest BCUT2D eigenvalue weighted by molar-refractivity contribution is 5.67. The van der Waals surface area contributed by atoms with Crippen molar-refractivity contribution in [3.05, 3.63) is 53.1 Å². The largest absolute Gasteiger partial charge is 0.490 e. The maximum absolute atomic E-state index is 11.2. The molecule has 1 N–H and O–H groups in total. The number of fused-ring (bicyclic) bond motifs is 1. The Bertz CT molecular complexity index is 1160. The fourth-order valence-electron chi connectivity index (χ4n) is 4.46. The SMILES string of the molecule is CC(C)Oc1ccc(-c2nc(-c3cccc4c3CCC4(O)C3CC3)no2)cc1C#N. The minimum atomic E-state index is -0.716. The first-order chi connectivity index (χ1) is 14.5. The zero-order chi connectivity index (χ0) is 20.9. The van der Waals surface area contributed by atoms with E-state index in [0.717, 1.165) is 42.4 Å². The second-order valence-corrected chi connectivity index (χ2v) is 8.44. The molecule has 6 heteroatoms. The van der Waals surface area contributed by atoms with Crippen molar-refractivity contribution in [1.82, 2.24) is 10.1 Å². The van der Waals surface area contributed by atoms with E-state index in [1.807, 2.05) is 38.1 Å². The molecule has 1 heterocycles. The van der Waals surface area contributed by atoms with Crippen molar-refractivity contribution in [2.45, 2.75) is 51.2 Å². The van der Waals surface area contributed by atoms with Gasteiger partial charge < -0.3 is 14.4 Å². The summed E-state index contributed by atoms with van der Waals surface area (Å²) >= 11 is 0. The van der Waals surface area contributed by atoms with E-state index in [-0.39, 0.29) is 6.10 Å². The van der Waals surface area contributed by atoms with Crippen molar-refractivity contribution in [3.63, 3.8) is 0 Å². The topological polar surface area (TPSA) is 92.2 Å². The normalized spacial score (nSPS) is 20.2. The molecule has 5 rings (SSSR count). The number of ether oxygens (including phenoxy) is 1. The summed E-state index contributed by atoms with van der Waals surface area (Å²) in [5, 5.41) is 24.8. The molecule has 1 unspecified atom stereocenters. The fourth-order valence-corrected chi connectivity index (χ4v) is 4.46. The van der Waals surface area contributed by atoms with E-state index in [1.54, 1.807) is 12.1 Å². The molecule has 152 valence electrons. The van der Waals surface area contributed by atoms with Gasteiger partial charge in [-0.2, -0.15) is 10.2 Å². The molecular formula is C24H23N3O3. The molecule has 1 aromatic heterocycles. The van der Waals surface area contributed by atoms with Crippen molar-refractivity contribution in [1.29, 1.82) is 5.26 Å². The summed E-state index contributed by atoms with van der Waals surface area (Å²) in [6.45, 7) is 3.84. The van der Waals surface area contributed by atoms with Gasteiger partial charge in [0, 0.05) is 11.1 Å². The van der Waals surface area contributed by atoms with Crippen LogP contribution in [0.2, 0.25) is 0 Å². The van der Waals surface area contributed by atoms with Crippen LogP contribution < -0.4 is 4.74 Å². The Morgan fingerprint density at radius 2 is 2.10 bits per heavy atom. The lowest BCUT2D eigenvalue weighted by Crippen LogP contribution is -2.24. The smallest absolute Gasteiger partial charge is 0.258 e. The summed E-state index contributed by atoms with van der Waals surface area (Å²) in [7, 11) is 0. The molecule has 2 aliphatic rings. The van der Waals surface area contributed by atoms with Gasteiger partial charge in [0.1, 0.15) is 11.8 Å². The highest BCUT2D eigenvalue weighted by Crippen LogP contribution is 2.53. The van der Waals surface area contributed by atoms with Crippen LogP contribution in [-0.2, 0) is 12.0 Å². The Hall–Kier alpha value is -3.17. The summed E-state index contributed by atoms with van der Waals surface area (Å²) in [4.78, 5) is 4.59. The lowest BCUT2D eigenvalue weighted by atomic mass is 9.90. The van der Waals surface area contributed by atoms with E-state index in [9.17, 15) is 10.4 Å². The Morgan fingerprint density at radius 3 is 2.83 bits per heavy atom. The monoisotopic (exact) mass is 401 g/mol. The summed E-state index contributed by atoms with van der Waals surface area (Å²) < 4.78 is 11.2. The second kappa shape index (κ2) is 6.96. The number of hydrogen-bond donors (Lipinski definition) is 1. The van der Waals surface area contributed by atoms with Gasteiger partial charge in [-0.3, -0.25) is 0 Å². The van der Waals surface area contributed by atoms with Crippen LogP contribution in [0.5, 0.6) is 5.75 Å². The summed E-state index contributed by atoms with van der Waals surface area (Å²) in [5.41, 5.74) is 3.40. The average molecular weight is 401 g/mol. The van der Waals surface area contributed by atoms with E-state index in [0.29, 0.717) is 34.5 Å².